The van der Waals surface area contributed by atoms with E-state index in [-0.39, 0.29) is 0 Å². The van der Waals surface area contributed by atoms with E-state index in [1.165, 1.54) is 85.9 Å². The van der Waals surface area contributed by atoms with Crippen LogP contribution in [0.2, 0.25) is 0 Å². The summed E-state index contributed by atoms with van der Waals surface area (Å²) < 4.78 is 2.65. The first-order chi connectivity index (χ1) is 27.7. The van der Waals surface area contributed by atoms with Gasteiger partial charge in [0.05, 0.1) is 5.69 Å². The monoisotopic (exact) mass is 729 g/mol. The summed E-state index contributed by atoms with van der Waals surface area (Å²) in [6.45, 7) is 0. The average molecular weight is 730 g/mol. The lowest BCUT2D eigenvalue weighted by atomic mass is 9.95. The molecule has 10 aromatic carbocycles. The molecule has 2 heteroatoms. The quantitative estimate of drug-likeness (QED) is 0.165. The van der Waals surface area contributed by atoms with Gasteiger partial charge in [0.2, 0.25) is 0 Å². The first-order valence-electron chi connectivity index (χ1n) is 19.2. The van der Waals surface area contributed by atoms with E-state index in [2.05, 4.69) is 217 Å². The second kappa shape index (κ2) is 13.4. The molecule has 0 unspecified atom stereocenters. The highest BCUT2D eigenvalue weighted by Crippen LogP contribution is 2.44. The molecule has 0 radical (unpaired) electrons. The average Bonchev–Trinajstić information content (AvgIpc) is 3.62. The molecule has 0 N–H and O–H groups in total. The standard InChI is InChI=1S/C54H35NS/c1-2-14-41-34-54-51(33-40(41)13-1)50-32-27-42(35-53(50)56-54)36-23-28-43(29-24-36)55(44-30-25-39(26-31-44)46-20-9-15-37-11-3-5-17-45(37)46)52-22-8-7-19-49(52)48-21-10-16-38-12-4-6-18-47(38)48/h1-35H. The Morgan fingerprint density at radius 3 is 1.50 bits per heavy atom. The molecule has 262 valence electrons. The number of benzene rings is 10. The van der Waals surface area contributed by atoms with Gasteiger partial charge >= 0.3 is 0 Å². The number of hydrogen-bond acceptors (Lipinski definition) is 2. The van der Waals surface area contributed by atoms with Crippen LogP contribution < -0.4 is 4.90 Å². The molecule has 0 aliphatic carbocycles. The molecule has 56 heavy (non-hydrogen) atoms. The van der Waals surface area contributed by atoms with E-state index in [0.29, 0.717) is 0 Å². The number of hydrogen-bond donors (Lipinski definition) is 0. The Balaban J connectivity index is 1.03. The molecule has 11 rings (SSSR count). The zero-order valence-corrected chi connectivity index (χ0v) is 31.4. The normalized spacial score (nSPS) is 11.6. The van der Waals surface area contributed by atoms with Gasteiger partial charge in [0.15, 0.2) is 0 Å². The largest absolute Gasteiger partial charge is 0.310 e. The zero-order valence-electron chi connectivity index (χ0n) is 30.6. The van der Waals surface area contributed by atoms with Crippen LogP contribution in [0.25, 0.3) is 85.9 Å². The highest BCUT2D eigenvalue weighted by atomic mass is 32.1. The number of rotatable bonds is 6. The lowest BCUT2D eigenvalue weighted by Gasteiger charge is -2.28. The summed E-state index contributed by atoms with van der Waals surface area (Å²) in [6.07, 6.45) is 0. The van der Waals surface area contributed by atoms with Crippen LogP contribution >= 0.6 is 11.3 Å². The highest BCUT2D eigenvalue weighted by molar-refractivity contribution is 7.25. The summed E-state index contributed by atoms with van der Waals surface area (Å²) in [5, 5.41) is 10.2. The molecular weight excluding hydrogens is 695 g/mol. The highest BCUT2D eigenvalue weighted by Gasteiger charge is 2.19. The van der Waals surface area contributed by atoms with E-state index in [9.17, 15) is 0 Å². The fourth-order valence-electron chi connectivity index (χ4n) is 8.50. The van der Waals surface area contributed by atoms with Gasteiger partial charge in [-0.25, -0.2) is 0 Å². The molecule has 0 atom stereocenters. The van der Waals surface area contributed by atoms with E-state index < -0.39 is 0 Å². The predicted molar refractivity (Wildman–Crippen MR) is 243 cm³/mol. The molecule has 1 nitrogen and oxygen atoms in total. The summed E-state index contributed by atoms with van der Waals surface area (Å²) in [4.78, 5) is 2.41. The number of para-hydroxylation sites is 1. The smallest absolute Gasteiger partial charge is 0.0540 e. The molecule has 0 aliphatic heterocycles. The molecular formula is C54H35NS. The fraction of sp³-hybridized carbons (Fsp3) is 0. The first-order valence-corrected chi connectivity index (χ1v) is 20.0. The predicted octanol–water partition coefficient (Wildman–Crippen LogP) is 16.0. The van der Waals surface area contributed by atoms with Gasteiger partial charge in [0.25, 0.3) is 0 Å². The van der Waals surface area contributed by atoms with E-state index in [1.807, 2.05) is 11.3 Å². The van der Waals surface area contributed by atoms with Crippen molar-refractivity contribution in [3.63, 3.8) is 0 Å². The molecule has 0 spiro atoms. The van der Waals surface area contributed by atoms with Gasteiger partial charge in [-0.05, 0) is 109 Å². The maximum absolute atomic E-state index is 2.41. The molecule has 0 amide bonds. The van der Waals surface area contributed by atoms with Crippen LogP contribution in [0.15, 0.2) is 212 Å². The molecule has 1 aromatic heterocycles. The van der Waals surface area contributed by atoms with Crippen LogP contribution in [0.4, 0.5) is 17.1 Å². The minimum Gasteiger partial charge on any atom is -0.310 e. The summed E-state index contributed by atoms with van der Waals surface area (Å²) in [5.41, 5.74) is 10.6. The third kappa shape index (κ3) is 5.54. The molecule has 11 aromatic rings. The van der Waals surface area contributed by atoms with Crippen LogP contribution in [-0.2, 0) is 0 Å². The third-order valence-corrected chi connectivity index (χ3v) is 12.4. The van der Waals surface area contributed by atoms with E-state index >= 15 is 0 Å². The minimum atomic E-state index is 1.11. The second-order valence-electron chi connectivity index (χ2n) is 14.5. The number of fused-ring (bicyclic) bond motifs is 6. The minimum absolute atomic E-state index is 1.11. The summed E-state index contributed by atoms with van der Waals surface area (Å²) in [6, 6.07) is 77.7. The summed E-state index contributed by atoms with van der Waals surface area (Å²) in [5.74, 6) is 0. The lowest BCUT2D eigenvalue weighted by molar-refractivity contribution is 1.28. The van der Waals surface area contributed by atoms with E-state index in [4.69, 9.17) is 0 Å². The van der Waals surface area contributed by atoms with Crippen molar-refractivity contribution in [3.8, 4) is 33.4 Å². The summed E-state index contributed by atoms with van der Waals surface area (Å²) in [7, 11) is 0. The van der Waals surface area contributed by atoms with Gasteiger partial charge < -0.3 is 4.90 Å². The third-order valence-electron chi connectivity index (χ3n) is 11.2. The Bertz CT molecular complexity index is 3230. The maximum Gasteiger partial charge on any atom is 0.0540 e. The van der Waals surface area contributed by atoms with Crippen LogP contribution in [0, 0.1) is 0 Å². The number of nitrogens with zero attached hydrogens (tertiary/aromatic N) is 1. The lowest BCUT2D eigenvalue weighted by Crippen LogP contribution is -2.11. The Morgan fingerprint density at radius 1 is 0.286 bits per heavy atom. The van der Waals surface area contributed by atoms with Crippen molar-refractivity contribution in [1.29, 1.82) is 0 Å². The number of thiophene rings is 1. The molecule has 1 heterocycles. The Labute approximate surface area is 330 Å². The Morgan fingerprint density at radius 2 is 0.786 bits per heavy atom. The van der Waals surface area contributed by atoms with Gasteiger partial charge in [-0.3, -0.25) is 0 Å². The van der Waals surface area contributed by atoms with Crippen molar-refractivity contribution < 1.29 is 0 Å². The van der Waals surface area contributed by atoms with Crippen LogP contribution in [-0.4, -0.2) is 0 Å². The van der Waals surface area contributed by atoms with Crippen LogP contribution in [0.1, 0.15) is 0 Å². The topological polar surface area (TPSA) is 3.24 Å². The molecule has 0 aliphatic rings. The van der Waals surface area contributed by atoms with Gasteiger partial charge in [-0.2, -0.15) is 0 Å². The van der Waals surface area contributed by atoms with Crippen molar-refractivity contribution in [3.05, 3.63) is 212 Å². The van der Waals surface area contributed by atoms with Gasteiger partial charge in [-0.15, -0.1) is 11.3 Å². The van der Waals surface area contributed by atoms with Crippen molar-refractivity contribution in [2.75, 3.05) is 4.90 Å². The second-order valence-corrected chi connectivity index (χ2v) is 15.6. The van der Waals surface area contributed by atoms with Crippen molar-refractivity contribution in [2.24, 2.45) is 0 Å². The van der Waals surface area contributed by atoms with E-state index in [1.54, 1.807) is 0 Å². The molecule has 0 bridgehead atoms. The van der Waals surface area contributed by atoms with Gasteiger partial charge in [0.1, 0.15) is 0 Å². The van der Waals surface area contributed by atoms with Crippen molar-refractivity contribution in [1.82, 2.24) is 0 Å². The maximum atomic E-state index is 2.41. The zero-order chi connectivity index (χ0) is 37.0. The molecule has 0 fully saturated rings. The fourth-order valence-corrected chi connectivity index (χ4v) is 9.67. The van der Waals surface area contributed by atoms with Gasteiger partial charge in [0, 0.05) is 37.1 Å². The summed E-state index contributed by atoms with van der Waals surface area (Å²) >= 11 is 1.88. The van der Waals surface area contributed by atoms with Crippen LogP contribution in [0.5, 0.6) is 0 Å². The van der Waals surface area contributed by atoms with E-state index in [0.717, 1.165) is 17.1 Å². The van der Waals surface area contributed by atoms with Gasteiger partial charge in [-0.1, -0.05) is 164 Å². The Hall–Kier alpha value is -7.00. The van der Waals surface area contributed by atoms with Crippen LogP contribution in [0.3, 0.4) is 0 Å². The molecule has 0 saturated heterocycles. The number of anilines is 3. The first kappa shape index (κ1) is 32.4. The molecule has 0 saturated carbocycles. The van der Waals surface area contributed by atoms with Crippen molar-refractivity contribution >= 4 is 80.9 Å². The Kier molecular flexibility index (Phi) is 7.75. The van der Waals surface area contributed by atoms with Crippen molar-refractivity contribution in [2.45, 2.75) is 0 Å². The SMILES string of the molecule is c1ccc(N(c2ccc(-c3ccc4c(c3)sc3cc5ccccc5cc34)cc2)c2ccc(-c3cccc4ccccc34)cc2)c(-c2cccc3ccccc23)c1.